The second-order valence-electron chi connectivity index (χ2n) is 4.65. The van der Waals surface area contributed by atoms with Crippen molar-refractivity contribution < 1.29 is 4.21 Å². The molecule has 21 heavy (non-hydrogen) atoms. The third kappa shape index (κ3) is 4.55. The standard InChI is InChI=1S/C9H9NOS.C8H9Br/c1-12(11)9-6-7-4-2-3-5-8(7)10-9;1-2-7-3-5-8(9)6-4-7/h2-6,10H,1H3;3-6H,2H2,1H3. The Morgan fingerprint density at radius 2 is 1.76 bits per heavy atom. The van der Waals surface area contributed by atoms with E-state index in [9.17, 15) is 4.21 Å². The minimum Gasteiger partial charge on any atom is -0.348 e. The van der Waals surface area contributed by atoms with Crippen LogP contribution in [0.4, 0.5) is 0 Å². The molecule has 0 amide bonds. The van der Waals surface area contributed by atoms with Gasteiger partial charge in [0, 0.05) is 21.6 Å². The molecule has 1 heterocycles. The monoisotopic (exact) mass is 363 g/mol. The van der Waals surface area contributed by atoms with Crippen LogP contribution in [-0.2, 0) is 17.2 Å². The zero-order valence-corrected chi connectivity index (χ0v) is 14.5. The number of fused-ring (bicyclic) bond motifs is 1. The number of rotatable bonds is 2. The summed E-state index contributed by atoms with van der Waals surface area (Å²) in [7, 11) is -0.917. The number of H-pyrrole nitrogens is 1. The number of halogens is 1. The van der Waals surface area contributed by atoms with Gasteiger partial charge in [-0.2, -0.15) is 0 Å². The molecule has 0 fully saturated rings. The van der Waals surface area contributed by atoms with Crippen molar-refractivity contribution in [3.63, 3.8) is 0 Å². The molecule has 3 rings (SSSR count). The van der Waals surface area contributed by atoms with E-state index in [1.807, 2.05) is 30.3 Å². The first-order chi connectivity index (χ1) is 10.1. The zero-order chi connectivity index (χ0) is 15.2. The van der Waals surface area contributed by atoms with Gasteiger partial charge in [-0.15, -0.1) is 0 Å². The van der Waals surface area contributed by atoms with E-state index in [0.717, 1.165) is 26.8 Å². The van der Waals surface area contributed by atoms with Crippen LogP contribution in [0, 0.1) is 0 Å². The van der Waals surface area contributed by atoms with Gasteiger partial charge in [0.05, 0.1) is 10.8 Å². The summed E-state index contributed by atoms with van der Waals surface area (Å²) in [6, 6.07) is 18.2. The van der Waals surface area contributed by atoms with Crippen LogP contribution in [-0.4, -0.2) is 15.4 Å². The predicted octanol–water partition coefficient (Wildman–Crippen LogP) is 4.92. The molecule has 0 spiro atoms. The van der Waals surface area contributed by atoms with Gasteiger partial charge >= 0.3 is 0 Å². The Morgan fingerprint density at radius 1 is 1.10 bits per heavy atom. The molecule has 0 radical (unpaired) electrons. The second-order valence-corrected chi connectivity index (χ2v) is 6.92. The largest absolute Gasteiger partial charge is 0.348 e. The van der Waals surface area contributed by atoms with Gasteiger partial charge < -0.3 is 4.98 Å². The Labute approximate surface area is 136 Å². The molecule has 3 aromatic rings. The van der Waals surface area contributed by atoms with Crippen molar-refractivity contribution in [2.45, 2.75) is 18.4 Å². The number of benzene rings is 2. The van der Waals surface area contributed by atoms with Crippen molar-refractivity contribution >= 4 is 37.6 Å². The smallest absolute Gasteiger partial charge is 0.104 e. The highest BCUT2D eigenvalue weighted by Crippen LogP contribution is 2.16. The molecule has 0 saturated carbocycles. The lowest BCUT2D eigenvalue weighted by molar-refractivity contribution is 0.685. The average molecular weight is 364 g/mol. The fraction of sp³-hybridized carbons (Fsp3) is 0.176. The summed E-state index contributed by atoms with van der Waals surface area (Å²) in [4.78, 5) is 3.09. The number of aryl methyl sites for hydroxylation is 1. The van der Waals surface area contributed by atoms with E-state index in [2.05, 4.69) is 52.1 Å². The van der Waals surface area contributed by atoms with Crippen LogP contribution in [0.5, 0.6) is 0 Å². The highest BCUT2D eigenvalue weighted by atomic mass is 79.9. The van der Waals surface area contributed by atoms with Gasteiger partial charge in [0.2, 0.25) is 0 Å². The highest BCUT2D eigenvalue weighted by Gasteiger charge is 2.01. The van der Waals surface area contributed by atoms with Crippen LogP contribution < -0.4 is 0 Å². The number of hydrogen-bond acceptors (Lipinski definition) is 1. The molecule has 1 unspecified atom stereocenters. The number of aromatic amines is 1. The number of nitrogens with one attached hydrogen (secondary N) is 1. The third-order valence-corrected chi connectivity index (χ3v) is 4.50. The average Bonchev–Trinajstić information content (AvgIpc) is 2.93. The maximum atomic E-state index is 11.1. The topological polar surface area (TPSA) is 32.9 Å². The van der Waals surface area contributed by atoms with Gasteiger partial charge in [0.15, 0.2) is 0 Å². The molecule has 0 aliphatic carbocycles. The summed E-state index contributed by atoms with van der Waals surface area (Å²) in [6.45, 7) is 2.16. The summed E-state index contributed by atoms with van der Waals surface area (Å²) in [6.07, 6.45) is 2.79. The van der Waals surface area contributed by atoms with Crippen molar-refractivity contribution in [2.75, 3.05) is 6.26 Å². The van der Waals surface area contributed by atoms with E-state index >= 15 is 0 Å². The first-order valence-electron chi connectivity index (χ1n) is 6.75. The van der Waals surface area contributed by atoms with Crippen LogP contribution >= 0.6 is 15.9 Å². The van der Waals surface area contributed by atoms with Gasteiger partial charge in [-0.25, -0.2) is 0 Å². The van der Waals surface area contributed by atoms with E-state index in [1.165, 1.54) is 5.56 Å². The van der Waals surface area contributed by atoms with Gasteiger partial charge in [0.1, 0.15) is 5.03 Å². The molecule has 1 atom stereocenters. The van der Waals surface area contributed by atoms with Crippen LogP contribution in [0.25, 0.3) is 10.9 Å². The Hall–Kier alpha value is -1.39. The van der Waals surface area contributed by atoms with E-state index < -0.39 is 10.8 Å². The van der Waals surface area contributed by atoms with E-state index in [1.54, 1.807) is 6.26 Å². The summed E-state index contributed by atoms with van der Waals surface area (Å²) >= 11 is 3.37. The summed E-state index contributed by atoms with van der Waals surface area (Å²) in [5, 5.41) is 1.90. The second kappa shape index (κ2) is 7.57. The lowest BCUT2D eigenvalue weighted by atomic mass is 10.2. The normalized spacial score (nSPS) is 11.8. The Balaban J connectivity index is 0.000000161. The van der Waals surface area contributed by atoms with Gasteiger partial charge in [-0.1, -0.05) is 53.2 Å². The predicted molar refractivity (Wildman–Crippen MR) is 94.2 cm³/mol. The van der Waals surface area contributed by atoms with E-state index in [-0.39, 0.29) is 0 Å². The molecule has 2 aromatic carbocycles. The minimum atomic E-state index is -0.917. The summed E-state index contributed by atoms with van der Waals surface area (Å²) in [5.41, 5.74) is 2.43. The maximum absolute atomic E-state index is 11.1. The van der Waals surface area contributed by atoms with E-state index in [4.69, 9.17) is 0 Å². The van der Waals surface area contributed by atoms with Gasteiger partial charge in [-0.3, -0.25) is 4.21 Å². The van der Waals surface area contributed by atoms with Crippen LogP contribution in [0.1, 0.15) is 12.5 Å². The SMILES string of the molecule is CCc1ccc(Br)cc1.CS(=O)c1cc2ccccc2[nH]1. The molecule has 4 heteroatoms. The van der Waals surface area contributed by atoms with Gasteiger partial charge in [-0.05, 0) is 36.2 Å². The molecule has 0 aliphatic heterocycles. The molecule has 110 valence electrons. The maximum Gasteiger partial charge on any atom is 0.104 e. The molecule has 1 aromatic heterocycles. The van der Waals surface area contributed by atoms with Crippen LogP contribution in [0.3, 0.4) is 0 Å². The Kier molecular flexibility index (Phi) is 5.76. The van der Waals surface area contributed by atoms with Crippen molar-refractivity contribution in [1.29, 1.82) is 0 Å². The zero-order valence-electron chi connectivity index (χ0n) is 12.1. The lowest BCUT2D eigenvalue weighted by Crippen LogP contribution is -1.84. The minimum absolute atomic E-state index is 0.788. The molecule has 0 aliphatic rings. The number of hydrogen-bond donors (Lipinski definition) is 1. The van der Waals surface area contributed by atoms with Crippen LogP contribution in [0.2, 0.25) is 0 Å². The molecule has 1 N–H and O–H groups in total. The lowest BCUT2D eigenvalue weighted by Gasteiger charge is -1.93. The van der Waals surface area contributed by atoms with Crippen molar-refractivity contribution in [1.82, 2.24) is 4.98 Å². The Morgan fingerprint density at radius 3 is 2.33 bits per heavy atom. The quantitative estimate of drug-likeness (QED) is 0.688. The van der Waals surface area contributed by atoms with Crippen molar-refractivity contribution in [3.05, 3.63) is 64.6 Å². The molecular formula is C17H18BrNOS. The Bertz CT molecular complexity index is 701. The summed E-state index contributed by atoms with van der Waals surface area (Å²) < 4.78 is 12.2. The van der Waals surface area contributed by atoms with Gasteiger partial charge in [0.25, 0.3) is 0 Å². The first-order valence-corrected chi connectivity index (χ1v) is 9.11. The molecular weight excluding hydrogens is 346 g/mol. The highest BCUT2D eigenvalue weighted by molar-refractivity contribution is 9.10. The summed E-state index contributed by atoms with van der Waals surface area (Å²) in [5.74, 6) is 0. The third-order valence-electron chi connectivity index (χ3n) is 3.14. The van der Waals surface area contributed by atoms with Crippen molar-refractivity contribution in [2.24, 2.45) is 0 Å². The van der Waals surface area contributed by atoms with Crippen molar-refractivity contribution in [3.8, 4) is 0 Å². The number of para-hydroxylation sites is 1. The number of aromatic nitrogens is 1. The fourth-order valence-electron chi connectivity index (χ4n) is 1.92. The molecule has 0 bridgehead atoms. The van der Waals surface area contributed by atoms with E-state index in [0.29, 0.717) is 0 Å². The van der Waals surface area contributed by atoms with Crippen LogP contribution in [0.15, 0.2) is 64.1 Å². The molecule has 2 nitrogen and oxygen atoms in total. The first kappa shape index (κ1) is 16.0. The molecule has 0 saturated heterocycles. The fourth-order valence-corrected chi connectivity index (χ4v) is 2.73.